The first-order valence-electron chi connectivity index (χ1n) is 27.9. The van der Waals surface area contributed by atoms with Crippen molar-refractivity contribution in [3.63, 3.8) is 0 Å². The molecule has 0 bridgehead atoms. The Morgan fingerprint density at radius 2 is 0.931 bits per heavy atom. The Morgan fingerprint density at radius 3 is 1.33 bits per heavy atom. The predicted molar refractivity (Wildman–Crippen MR) is 379 cm³/mol. The van der Waals surface area contributed by atoms with Gasteiger partial charge in [0.25, 0.3) is 0 Å². The summed E-state index contributed by atoms with van der Waals surface area (Å²) in [5, 5.41) is 34.5. The molecule has 18 nitrogen and oxygen atoms in total. The Hall–Kier alpha value is -7.04. The number of nitrogen functional groups attached to an aromatic ring is 2. The number of anilines is 6. The monoisotopic (exact) mass is 1550 g/mol. The van der Waals surface area contributed by atoms with Gasteiger partial charge in [-0.2, -0.15) is 10.2 Å². The van der Waals surface area contributed by atoms with Crippen LogP contribution < -0.4 is 53.3 Å². The molecular weight excluding hydrogens is 1480 g/mol. The van der Waals surface area contributed by atoms with Gasteiger partial charge < -0.3 is 58.0 Å². The average molecular weight is 1550 g/mol. The van der Waals surface area contributed by atoms with E-state index in [2.05, 4.69) is 107 Å². The van der Waals surface area contributed by atoms with Gasteiger partial charge in [-0.1, -0.05) is 84.9 Å². The fourth-order valence-corrected chi connectivity index (χ4v) is 9.74. The van der Waals surface area contributed by atoms with Gasteiger partial charge in [0.15, 0.2) is 11.6 Å². The number of H-pyrrole nitrogens is 2. The third-order valence-corrected chi connectivity index (χ3v) is 13.7. The number of nitrogens with one attached hydrogen (secondary N) is 7. The first kappa shape index (κ1) is 65.9. The van der Waals surface area contributed by atoms with Crippen LogP contribution in [0, 0.1) is 13.8 Å². The molecule has 87 heavy (non-hydrogen) atoms. The first-order chi connectivity index (χ1) is 41.2. The molecule has 22 heteroatoms. The van der Waals surface area contributed by atoms with E-state index in [-0.39, 0.29) is 22.5 Å². The van der Waals surface area contributed by atoms with Crippen LogP contribution >= 0.6 is 59.9 Å². The molecule has 0 radical (unpaired) electrons. The van der Waals surface area contributed by atoms with E-state index in [4.69, 9.17) is 31.4 Å². The zero-order valence-electron chi connectivity index (χ0n) is 49.8. The van der Waals surface area contributed by atoms with Gasteiger partial charge in [-0.05, 0) is 174 Å². The van der Waals surface area contributed by atoms with E-state index in [1.54, 1.807) is 0 Å². The molecule has 10 rings (SSSR count). The van der Waals surface area contributed by atoms with Crippen LogP contribution in [0.4, 0.5) is 48.8 Å². The van der Waals surface area contributed by atoms with Crippen molar-refractivity contribution >= 4 is 156 Å². The number of nitrogens with zero attached hydrogens (tertiary/aromatic N) is 2. The van der Waals surface area contributed by atoms with Crippen molar-refractivity contribution in [2.24, 2.45) is 5.73 Å². The molecule has 10 aromatic rings. The molecule has 0 unspecified atom stereocenters. The standard InChI is InChI=1S/C35H40N6O4.C30H32N6O2.3HI.V/c1-21-10-9-11-22(20-21)37-32(42)38-27-16-14-24(23-12-7-8-13-25(23)27)26-15-17-28(30-29(26)31(36)41-40-30)44-19-18-35(5,6)39-33(43)45-34(2,3)4;1-18-7-6-8-19(17-18)33-29(37)34-24-13-11-21(20-9-4-5-10-22(20)24)23-12-14-25(38-16-15-30(2,3)32)27-26(23)28(31)36-35-27;;;;/h7-17,20H,18-19H2,1-6H3,(H,39,43)(H3,36,40,41)(H2,37,38,42);4-14,17H,15-16,32H2,1-3H3,(H3,31,35,36)(H2,33,34,37);3*1H;/q;;;;;+3/p-3. The number of benzene rings is 8. The number of urea groups is 2. The Kier molecular flexibility index (Phi) is 21.9. The van der Waals surface area contributed by atoms with Gasteiger partial charge in [0, 0.05) is 39.6 Å². The van der Waals surface area contributed by atoms with Crippen LogP contribution in [-0.4, -0.2) is 68.4 Å². The number of hydrogen-bond acceptors (Lipinski definition) is 11. The third-order valence-electron chi connectivity index (χ3n) is 13.7. The van der Waals surface area contributed by atoms with Crippen molar-refractivity contribution in [1.29, 1.82) is 0 Å². The van der Waals surface area contributed by atoms with Gasteiger partial charge in [0.2, 0.25) is 0 Å². The molecule has 454 valence electrons. The van der Waals surface area contributed by atoms with Crippen molar-refractivity contribution in [1.82, 2.24) is 25.7 Å². The number of hydrogen-bond donors (Lipinski definition) is 10. The SMILES string of the molecule is Cc1cccc(NC(=O)Nc2ccc(-c3ccc(OCCC(C)(C)N)c4[nH]nc(N)c34)c3ccccc23)c1.Cc1cccc(NC(=O)Nc2ccc(-c3ccc(OCCC(C)(C)NC(=O)OC(C)(C)C)c4[nH]nc(N)c34)c3ccccc23)c1.[I][V]([I])[I]. The number of halogens is 3. The van der Waals surface area contributed by atoms with Crippen LogP contribution in [0.5, 0.6) is 11.5 Å². The maximum atomic E-state index is 12.9. The Morgan fingerprint density at radius 1 is 0.529 bits per heavy atom. The van der Waals surface area contributed by atoms with Crippen LogP contribution in [-0.2, 0) is 9.66 Å². The zero-order chi connectivity index (χ0) is 62.8. The molecule has 13 N–H and O–H groups in total. The number of ether oxygens (including phenoxy) is 3. The second kappa shape index (κ2) is 28.9. The summed E-state index contributed by atoms with van der Waals surface area (Å²) in [7, 11) is 0. The normalized spacial score (nSPS) is 11.6. The summed E-state index contributed by atoms with van der Waals surface area (Å²) in [6.45, 7) is 18.0. The quantitative estimate of drug-likeness (QED) is 0.0431. The van der Waals surface area contributed by atoms with Crippen molar-refractivity contribution in [3.05, 3.63) is 157 Å². The molecule has 0 aliphatic rings. The number of fused-ring (bicyclic) bond motifs is 4. The topological polar surface area (TPSA) is 274 Å². The van der Waals surface area contributed by atoms with Crippen LogP contribution in [0.15, 0.2) is 146 Å². The number of nitrogens with two attached hydrogens (primary N) is 3. The minimum atomic E-state index is -0.580. The fourth-order valence-electron chi connectivity index (χ4n) is 9.74. The fraction of sp³-hybridized carbons (Fsp3) is 0.246. The molecule has 0 aliphatic carbocycles. The maximum absolute atomic E-state index is 12.9. The third kappa shape index (κ3) is 18.1. The molecule has 0 fully saturated rings. The summed E-state index contributed by atoms with van der Waals surface area (Å²) >= 11 is 7.39. The van der Waals surface area contributed by atoms with Crippen LogP contribution in [0.3, 0.4) is 0 Å². The summed E-state index contributed by atoms with van der Waals surface area (Å²) in [4.78, 5) is 37.7. The van der Waals surface area contributed by atoms with E-state index in [0.29, 0.717) is 66.1 Å². The molecule has 0 atom stereocenters. The zero-order valence-corrected chi connectivity index (χ0v) is 57.7. The van der Waals surface area contributed by atoms with Gasteiger partial charge >= 0.3 is 83.0 Å². The van der Waals surface area contributed by atoms with E-state index >= 15 is 0 Å². The molecule has 2 aromatic heterocycles. The number of aryl methyl sites for hydroxylation is 2. The predicted octanol–water partition coefficient (Wildman–Crippen LogP) is 17.1. The van der Waals surface area contributed by atoms with E-state index in [1.165, 1.54) is 0 Å². The Balaban J connectivity index is 0.000000215. The van der Waals surface area contributed by atoms with Crippen LogP contribution in [0.1, 0.15) is 72.4 Å². The molecule has 0 spiro atoms. The van der Waals surface area contributed by atoms with E-state index in [1.807, 2.05) is 208 Å². The number of rotatable bonds is 15. The molecule has 0 saturated heterocycles. The Labute approximate surface area is 544 Å². The number of alkyl carbamates (subject to hydrolysis) is 1. The summed E-state index contributed by atoms with van der Waals surface area (Å²) in [6, 6.07) is 46.0. The number of carbonyl (C=O) groups excluding carboxylic acids is 3. The second-order valence-electron chi connectivity index (χ2n) is 23.1. The minimum absolute atomic E-state index is 0.278. The number of carbonyl (C=O) groups is 3. The molecule has 5 amide bonds. The molecule has 0 aliphatic heterocycles. The van der Waals surface area contributed by atoms with Gasteiger partial charge in [-0.3, -0.25) is 10.2 Å². The van der Waals surface area contributed by atoms with Gasteiger partial charge in [0.1, 0.15) is 28.1 Å². The molecule has 0 saturated carbocycles. The average Bonchev–Trinajstić information content (AvgIpc) is 1.98. The van der Waals surface area contributed by atoms with Crippen molar-refractivity contribution < 1.29 is 33.5 Å². The van der Waals surface area contributed by atoms with Gasteiger partial charge in [0.05, 0.1) is 35.4 Å². The summed E-state index contributed by atoms with van der Waals surface area (Å²) in [5.74, 6) is 2.01. The van der Waals surface area contributed by atoms with Crippen LogP contribution in [0.2, 0.25) is 0 Å². The number of aromatic amines is 2. The summed E-state index contributed by atoms with van der Waals surface area (Å²) in [6.07, 6.45) is 0.771. The van der Waals surface area contributed by atoms with Gasteiger partial charge in [-0.15, -0.1) is 0 Å². The Bertz CT molecular complexity index is 4100. The van der Waals surface area contributed by atoms with E-state index < -0.39 is 17.2 Å². The van der Waals surface area contributed by atoms with E-state index in [0.717, 1.165) is 82.6 Å². The summed E-state index contributed by atoms with van der Waals surface area (Å²) in [5.41, 5.74) is 27.4. The van der Waals surface area contributed by atoms with Crippen molar-refractivity contribution in [3.8, 4) is 33.8 Å². The molecule has 2 heterocycles. The van der Waals surface area contributed by atoms with Crippen molar-refractivity contribution in [2.45, 2.75) is 91.8 Å². The van der Waals surface area contributed by atoms with Gasteiger partial charge in [-0.25, -0.2) is 14.4 Å². The number of aromatic nitrogens is 4. The summed E-state index contributed by atoms with van der Waals surface area (Å²) < 4.78 is 17.6. The first-order valence-corrected chi connectivity index (χ1v) is 41.4. The number of amides is 5. The van der Waals surface area contributed by atoms with Crippen LogP contribution in [0.25, 0.3) is 65.6 Å². The second-order valence-corrected chi connectivity index (χ2v) is 58.5. The molecule has 8 aromatic carbocycles. The van der Waals surface area contributed by atoms with E-state index in [9.17, 15) is 14.4 Å². The van der Waals surface area contributed by atoms with Crippen molar-refractivity contribution in [2.75, 3.05) is 45.9 Å². The molecular formula is C65H72I3N12O6V.